The van der Waals surface area contributed by atoms with E-state index in [2.05, 4.69) is 5.32 Å². The Balaban J connectivity index is 1.69. The van der Waals surface area contributed by atoms with Crippen LogP contribution in [0.5, 0.6) is 11.5 Å². The number of hydrogen-bond acceptors (Lipinski definition) is 6. The molecule has 0 aromatic heterocycles. The van der Waals surface area contributed by atoms with Gasteiger partial charge in [-0.3, -0.25) is 9.59 Å². The zero-order valence-corrected chi connectivity index (χ0v) is 19.2. The number of methoxy groups -OCH3 is 1. The van der Waals surface area contributed by atoms with Gasteiger partial charge in [0.05, 0.1) is 12.7 Å². The van der Waals surface area contributed by atoms with Crippen LogP contribution in [-0.2, 0) is 19.1 Å². The summed E-state index contributed by atoms with van der Waals surface area (Å²) in [6.45, 7) is 2.99. The lowest BCUT2D eigenvalue weighted by Crippen LogP contribution is -2.50. The summed E-state index contributed by atoms with van der Waals surface area (Å²) in [5.74, 6) is -0.246. The van der Waals surface area contributed by atoms with Crippen LogP contribution >= 0.6 is 0 Å². The predicted octanol–water partition coefficient (Wildman–Crippen LogP) is 3.69. The number of carbonyl (C=O) groups is 3. The van der Waals surface area contributed by atoms with E-state index in [1.807, 2.05) is 66.4 Å². The maximum Gasteiger partial charge on any atom is 0.337 e. The third kappa shape index (κ3) is 3.77. The average Bonchev–Trinajstić information content (AvgIpc) is 2.84. The number of para-hydroxylation sites is 1. The smallest absolute Gasteiger partial charge is 0.337 e. The molecule has 0 spiro atoms. The Morgan fingerprint density at radius 2 is 1.79 bits per heavy atom. The molecule has 0 unspecified atom stereocenters. The van der Waals surface area contributed by atoms with Crippen LogP contribution in [0.15, 0.2) is 77.1 Å². The molecule has 1 fully saturated rings. The van der Waals surface area contributed by atoms with E-state index >= 15 is 0 Å². The summed E-state index contributed by atoms with van der Waals surface area (Å²) in [4.78, 5) is 41.4. The summed E-state index contributed by atoms with van der Waals surface area (Å²) >= 11 is 0. The molecule has 7 nitrogen and oxygen atoms in total. The van der Waals surface area contributed by atoms with Crippen molar-refractivity contribution in [1.82, 2.24) is 10.2 Å². The molecule has 34 heavy (non-hydrogen) atoms. The van der Waals surface area contributed by atoms with Gasteiger partial charge in [0.15, 0.2) is 5.78 Å². The summed E-state index contributed by atoms with van der Waals surface area (Å²) in [6, 6.07) is 16.7. The monoisotopic (exact) mass is 458 g/mol. The van der Waals surface area contributed by atoms with Crippen LogP contribution in [0.1, 0.15) is 31.2 Å². The highest BCUT2D eigenvalue weighted by Gasteiger charge is 2.46. The van der Waals surface area contributed by atoms with Gasteiger partial charge in [0, 0.05) is 36.7 Å². The van der Waals surface area contributed by atoms with Crippen molar-refractivity contribution < 1.29 is 23.9 Å². The number of amides is 1. The lowest BCUT2D eigenvalue weighted by molar-refractivity contribution is -0.137. The number of esters is 1. The second-order valence-corrected chi connectivity index (χ2v) is 8.88. The molecule has 2 aliphatic heterocycles. The number of ketones is 1. The lowest BCUT2D eigenvalue weighted by atomic mass is 9.72. The fourth-order valence-electron chi connectivity index (χ4n) is 5.14. The van der Waals surface area contributed by atoms with E-state index in [0.717, 1.165) is 5.70 Å². The van der Waals surface area contributed by atoms with Crippen molar-refractivity contribution in [1.29, 1.82) is 0 Å². The van der Waals surface area contributed by atoms with Crippen LogP contribution in [0.4, 0.5) is 0 Å². The molecule has 3 aliphatic rings. The van der Waals surface area contributed by atoms with E-state index in [1.165, 1.54) is 7.11 Å². The Hall–Kier alpha value is -3.87. The summed E-state index contributed by atoms with van der Waals surface area (Å²) in [7, 11) is 1.29. The maximum absolute atomic E-state index is 13.4. The number of Topliss-reactive ketones (excluding diaryl/α,β-unsaturated/α-hetero) is 1. The normalized spacial score (nSPS) is 22.1. The molecule has 7 heteroatoms. The van der Waals surface area contributed by atoms with Crippen LogP contribution in [0.25, 0.3) is 0 Å². The van der Waals surface area contributed by atoms with Crippen LogP contribution in [0.2, 0.25) is 0 Å². The van der Waals surface area contributed by atoms with Crippen LogP contribution in [0.3, 0.4) is 0 Å². The highest BCUT2D eigenvalue weighted by atomic mass is 16.5. The molecular formula is C27H26N2O5. The molecule has 1 saturated heterocycles. The number of nitrogens with one attached hydrogen (secondary N) is 1. The number of allylic oxidation sites excluding steroid dienone is 2. The molecule has 0 bridgehead atoms. The molecule has 2 atom stereocenters. The van der Waals surface area contributed by atoms with E-state index < -0.39 is 11.9 Å². The molecule has 2 aromatic carbocycles. The van der Waals surface area contributed by atoms with Crippen molar-refractivity contribution in [2.45, 2.75) is 25.7 Å². The number of piperazine rings is 1. The highest BCUT2D eigenvalue weighted by molar-refractivity contribution is 6.09. The van der Waals surface area contributed by atoms with Crippen LogP contribution in [0, 0.1) is 5.92 Å². The molecule has 1 aliphatic carbocycles. The zero-order valence-electron chi connectivity index (χ0n) is 19.2. The molecule has 2 heterocycles. The van der Waals surface area contributed by atoms with Crippen molar-refractivity contribution in [2.24, 2.45) is 5.92 Å². The van der Waals surface area contributed by atoms with E-state index in [0.29, 0.717) is 48.6 Å². The SMILES string of the molecule is COC(=O)C1=C2C(=O)NCCN2C2=C(C(=O)C[C@H](C)C2)[C@@H]1c1cccc(Oc2ccccc2)c1. The van der Waals surface area contributed by atoms with Crippen LogP contribution in [-0.4, -0.2) is 42.8 Å². The molecule has 1 N–H and O–H groups in total. The minimum absolute atomic E-state index is 0.000402. The molecule has 174 valence electrons. The molecule has 0 radical (unpaired) electrons. The molecule has 5 rings (SSSR count). The van der Waals surface area contributed by atoms with Gasteiger partial charge < -0.3 is 19.7 Å². The Bertz CT molecular complexity index is 1230. The van der Waals surface area contributed by atoms with Gasteiger partial charge in [0.25, 0.3) is 5.91 Å². The first-order valence-corrected chi connectivity index (χ1v) is 11.4. The van der Waals surface area contributed by atoms with E-state index in [4.69, 9.17) is 9.47 Å². The third-order valence-corrected chi connectivity index (χ3v) is 6.53. The molecule has 1 amide bonds. The summed E-state index contributed by atoms with van der Waals surface area (Å²) in [5, 5.41) is 2.85. The molecule has 0 saturated carbocycles. The minimum Gasteiger partial charge on any atom is -0.466 e. The third-order valence-electron chi connectivity index (χ3n) is 6.53. The van der Waals surface area contributed by atoms with Gasteiger partial charge >= 0.3 is 5.97 Å². The second kappa shape index (κ2) is 8.82. The molecule has 2 aromatic rings. The first kappa shape index (κ1) is 21.9. The van der Waals surface area contributed by atoms with Crippen LogP contribution < -0.4 is 10.1 Å². The van der Waals surface area contributed by atoms with Gasteiger partial charge in [-0.05, 0) is 42.2 Å². The number of benzene rings is 2. The molecular weight excluding hydrogens is 432 g/mol. The summed E-state index contributed by atoms with van der Waals surface area (Å²) in [6.07, 6.45) is 1.07. The Kier molecular flexibility index (Phi) is 5.69. The number of hydrogen-bond donors (Lipinski definition) is 1. The Morgan fingerprint density at radius 3 is 2.56 bits per heavy atom. The fraction of sp³-hybridized carbons (Fsp3) is 0.296. The second-order valence-electron chi connectivity index (χ2n) is 8.88. The van der Waals surface area contributed by atoms with Crippen molar-refractivity contribution >= 4 is 17.7 Å². The fourth-order valence-corrected chi connectivity index (χ4v) is 5.14. The van der Waals surface area contributed by atoms with Crippen molar-refractivity contribution in [3.05, 3.63) is 82.7 Å². The van der Waals surface area contributed by atoms with Gasteiger partial charge in [0.2, 0.25) is 0 Å². The van der Waals surface area contributed by atoms with E-state index in [1.54, 1.807) is 0 Å². The first-order valence-electron chi connectivity index (χ1n) is 11.4. The van der Waals surface area contributed by atoms with E-state index in [-0.39, 0.29) is 28.9 Å². The zero-order chi connectivity index (χ0) is 23.8. The van der Waals surface area contributed by atoms with Gasteiger partial charge in [-0.25, -0.2) is 4.79 Å². The summed E-state index contributed by atoms with van der Waals surface area (Å²) < 4.78 is 11.1. The van der Waals surface area contributed by atoms with Crippen molar-refractivity contribution in [2.75, 3.05) is 20.2 Å². The minimum atomic E-state index is -0.711. The topological polar surface area (TPSA) is 84.9 Å². The highest BCUT2D eigenvalue weighted by Crippen LogP contribution is 2.48. The van der Waals surface area contributed by atoms with Gasteiger partial charge in [-0.1, -0.05) is 37.3 Å². The van der Waals surface area contributed by atoms with Crippen molar-refractivity contribution in [3.63, 3.8) is 0 Å². The number of ether oxygens (including phenoxy) is 2. The number of nitrogens with zero attached hydrogens (tertiary/aromatic N) is 1. The summed E-state index contributed by atoms with van der Waals surface area (Å²) in [5.41, 5.74) is 2.58. The predicted molar refractivity (Wildman–Crippen MR) is 125 cm³/mol. The quantitative estimate of drug-likeness (QED) is 0.704. The number of rotatable bonds is 4. The van der Waals surface area contributed by atoms with E-state index in [9.17, 15) is 14.4 Å². The Labute approximate surface area is 198 Å². The Morgan fingerprint density at radius 1 is 1.03 bits per heavy atom. The largest absolute Gasteiger partial charge is 0.466 e. The number of fused-ring (bicyclic) bond motifs is 2. The average molecular weight is 459 g/mol. The lowest BCUT2D eigenvalue weighted by Gasteiger charge is -2.44. The van der Waals surface area contributed by atoms with Gasteiger partial charge in [-0.15, -0.1) is 0 Å². The number of carbonyl (C=O) groups excluding carboxylic acids is 3. The van der Waals surface area contributed by atoms with Gasteiger partial charge in [0.1, 0.15) is 17.2 Å². The first-order chi connectivity index (χ1) is 16.5. The van der Waals surface area contributed by atoms with Crippen molar-refractivity contribution in [3.8, 4) is 11.5 Å². The van der Waals surface area contributed by atoms with Gasteiger partial charge in [-0.2, -0.15) is 0 Å². The standard InChI is InChI=1S/C27H26N2O5/c1-16-13-20-23(21(30)14-16)22(24(27(32)33-2)25-26(31)28-11-12-29(20)25)17-7-6-10-19(15-17)34-18-8-4-3-5-9-18/h3-10,15-16,22H,11-14H2,1-2H3,(H,28,31)/t16-,22+/m1/s1. The maximum atomic E-state index is 13.4.